The summed E-state index contributed by atoms with van der Waals surface area (Å²) < 4.78 is 33.5. The average molecular weight is 211 g/mol. The summed E-state index contributed by atoms with van der Waals surface area (Å²) in [5.41, 5.74) is 5.13. The lowest BCUT2D eigenvalue weighted by Gasteiger charge is -2.08. The highest BCUT2D eigenvalue weighted by molar-refractivity contribution is 7.85. The predicted octanol–water partition coefficient (Wildman–Crippen LogP) is -0.845. The zero-order valence-electron chi connectivity index (χ0n) is 7.26. The van der Waals surface area contributed by atoms with Crippen LogP contribution in [0.5, 0.6) is 0 Å². The Bertz CT molecular complexity index is 260. The molecule has 0 aromatic rings. The number of carbonyl (C=O) groups excluding carboxylic acids is 1. The van der Waals surface area contributed by atoms with Crippen LogP contribution in [-0.4, -0.2) is 37.3 Å². The Morgan fingerprint density at radius 3 is 2.54 bits per heavy atom. The third-order valence-corrected chi connectivity index (χ3v) is 1.92. The van der Waals surface area contributed by atoms with E-state index in [4.69, 9.17) is 10.3 Å². The Kier molecular flexibility index (Phi) is 4.89. The molecule has 0 amide bonds. The third kappa shape index (κ3) is 6.50. The van der Waals surface area contributed by atoms with E-state index in [2.05, 4.69) is 4.74 Å². The van der Waals surface area contributed by atoms with E-state index in [-0.39, 0.29) is 6.61 Å². The minimum atomic E-state index is -4.22. The summed E-state index contributed by atoms with van der Waals surface area (Å²) in [7, 11) is -4.22. The van der Waals surface area contributed by atoms with E-state index >= 15 is 0 Å². The van der Waals surface area contributed by atoms with Crippen LogP contribution in [0, 0.1) is 0 Å². The van der Waals surface area contributed by atoms with Crippen molar-refractivity contribution in [1.29, 1.82) is 0 Å². The molecular weight excluding hydrogens is 198 g/mol. The van der Waals surface area contributed by atoms with Gasteiger partial charge in [-0.25, -0.2) is 0 Å². The zero-order valence-corrected chi connectivity index (χ0v) is 8.08. The van der Waals surface area contributed by atoms with E-state index < -0.39 is 27.9 Å². The Morgan fingerprint density at radius 2 is 2.15 bits per heavy atom. The third-order valence-electron chi connectivity index (χ3n) is 1.14. The summed E-state index contributed by atoms with van der Waals surface area (Å²) in [5, 5.41) is 0. The van der Waals surface area contributed by atoms with E-state index in [1.54, 1.807) is 6.92 Å². The minimum Gasteiger partial charge on any atom is -0.465 e. The highest BCUT2D eigenvalue weighted by atomic mass is 32.2. The van der Waals surface area contributed by atoms with Crippen LogP contribution in [-0.2, 0) is 19.6 Å². The van der Waals surface area contributed by atoms with Crippen LogP contribution in [0.3, 0.4) is 0 Å². The van der Waals surface area contributed by atoms with E-state index in [9.17, 15) is 13.2 Å². The van der Waals surface area contributed by atoms with Gasteiger partial charge in [-0.2, -0.15) is 8.42 Å². The van der Waals surface area contributed by atoms with Crippen molar-refractivity contribution in [2.75, 3.05) is 12.4 Å². The maximum atomic E-state index is 10.9. The van der Waals surface area contributed by atoms with E-state index in [1.165, 1.54) is 0 Å². The molecule has 0 rings (SSSR count). The molecule has 0 aliphatic rings. The van der Waals surface area contributed by atoms with Crippen molar-refractivity contribution >= 4 is 16.1 Å². The van der Waals surface area contributed by atoms with Gasteiger partial charge in [0.1, 0.15) is 11.8 Å². The van der Waals surface area contributed by atoms with Crippen LogP contribution in [0.4, 0.5) is 0 Å². The normalized spacial score (nSPS) is 13.8. The van der Waals surface area contributed by atoms with Crippen LogP contribution in [0.2, 0.25) is 0 Å². The summed E-state index contributed by atoms with van der Waals surface area (Å²) in [6.07, 6.45) is 0.629. The molecule has 0 aromatic heterocycles. The van der Waals surface area contributed by atoms with Crippen LogP contribution in [0.25, 0.3) is 0 Å². The molecule has 1 atom stereocenters. The number of hydrogen-bond donors (Lipinski definition) is 2. The standard InChI is InChI=1S/C6H13NO5S/c1-2-3-12-6(8)5(7)4-13(9,10)11/h5H,2-4,7H2,1H3,(H,9,10,11)/t5-/m1/s1. The number of esters is 1. The number of hydrogen-bond acceptors (Lipinski definition) is 5. The molecule has 0 fully saturated rings. The van der Waals surface area contributed by atoms with Crippen LogP contribution in [0.15, 0.2) is 0 Å². The van der Waals surface area contributed by atoms with Gasteiger partial charge in [-0.05, 0) is 6.42 Å². The molecule has 0 aromatic carbocycles. The van der Waals surface area contributed by atoms with Gasteiger partial charge in [-0.3, -0.25) is 9.35 Å². The average Bonchev–Trinajstić information content (AvgIpc) is 1.96. The van der Waals surface area contributed by atoms with E-state index in [0.717, 1.165) is 0 Å². The van der Waals surface area contributed by atoms with Crippen LogP contribution in [0.1, 0.15) is 13.3 Å². The first-order chi connectivity index (χ1) is 5.87. The monoisotopic (exact) mass is 211 g/mol. The highest BCUT2D eigenvalue weighted by Crippen LogP contribution is 1.92. The molecule has 0 heterocycles. The molecule has 0 saturated carbocycles. The summed E-state index contributed by atoms with van der Waals surface area (Å²) >= 11 is 0. The summed E-state index contributed by atoms with van der Waals surface area (Å²) in [6, 6.07) is -1.32. The van der Waals surface area contributed by atoms with Crippen molar-refractivity contribution in [3.8, 4) is 0 Å². The van der Waals surface area contributed by atoms with Gasteiger partial charge in [0.15, 0.2) is 0 Å². The molecule has 78 valence electrons. The molecule has 13 heavy (non-hydrogen) atoms. The fourth-order valence-electron chi connectivity index (χ4n) is 0.605. The van der Waals surface area contributed by atoms with Crippen molar-refractivity contribution in [2.45, 2.75) is 19.4 Å². The van der Waals surface area contributed by atoms with E-state index in [1.807, 2.05) is 0 Å². The van der Waals surface area contributed by atoms with Crippen molar-refractivity contribution in [1.82, 2.24) is 0 Å². The number of rotatable bonds is 5. The van der Waals surface area contributed by atoms with Gasteiger partial charge in [-0.1, -0.05) is 6.92 Å². The Balaban J connectivity index is 3.97. The molecular formula is C6H13NO5S. The molecule has 0 saturated heterocycles. The lowest BCUT2D eigenvalue weighted by molar-refractivity contribution is -0.144. The Labute approximate surface area is 76.8 Å². The highest BCUT2D eigenvalue weighted by Gasteiger charge is 2.21. The lowest BCUT2D eigenvalue weighted by atomic mass is 10.4. The SMILES string of the molecule is CCCOC(=O)[C@H](N)CS(=O)(=O)O. The number of nitrogens with two attached hydrogens (primary N) is 1. The quantitative estimate of drug-likeness (QED) is 0.453. The molecule has 3 N–H and O–H groups in total. The Morgan fingerprint density at radius 1 is 1.62 bits per heavy atom. The molecule has 0 aliphatic heterocycles. The fourth-order valence-corrected chi connectivity index (χ4v) is 1.19. The first-order valence-corrected chi connectivity index (χ1v) is 5.35. The van der Waals surface area contributed by atoms with Gasteiger partial charge in [0, 0.05) is 0 Å². The molecule has 6 nitrogen and oxygen atoms in total. The van der Waals surface area contributed by atoms with Gasteiger partial charge in [-0.15, -0.1) is 0 Å². The molecule has 0 spiro atoms. The van der Waals surface area contributed by atoms with Gasteiger partial charge in [0.2, 0.25) is 0 Å². The summed E-state index contributed by atoms with van der Waals surface area (Å²) in [6.45, 7) is 1.99. The van der Waals surface area contributed by atoms with E-state index in [0.29, 0.717) is 6.42 Å². The topological polar surface area (TPSA) is 107 Å². The second kappa shape index (κ2) is 5.15. The summed E-state index contributed by atoms with van der Waals surface area (Å²) in [5.74, 6) is -1.63. The summed E-state index contributed by atoms with van der Waals surface area (Å²) in [4.78, 5) is 10.9. The van der Waals surface area contributed by atoms with Crippen molar-refractivity contribution in [2.24, 2.45) is 5.73 Å². The van der Waals surface area contributed by atoms with Gasteiger partial charge in [0.05, 0.1) is 6.61 Å². The van der Waals surface area contributed by atoms with Gasteiger partial charge < -0.3 is 10.5 Å². The Hall–Kier alpha value is -0.660. The molecule has 0 unspecified atom stereocenters. The maximum absolute atomic E-state index is 10.9. The van der Waals surface area contributed by atoms with Crippen LogP contribution >= 0.6 is 0 Å². The minimum absolute atomic E-state index is 0.192. The zero-order chi connectivity index (χ0) is 10.5. The number of carbonyl (C=O) groups is 1. The number of ether oxygens (including phenoxy) is 1. The second-order valence-electron chi connectivity index (χ2n) is 2.52. The van der Waals surface area contributed by atoms with Gasteiger partial charge in [0.25, 0.3) is 10.1 Å². The first-order valence-electron chi connectivity index (χ1n) is 3.74. The molecule has 0 bridgehead atoms. The van der Waals surface area contributed by atoms with Gasteiger partial charge >= 0.3 is 5.97 Å². The molecule has 0 aliphatic carbocycles. The lowest BCUT2D eigenvalue weighted by Crippen LogP contribution is -2.38. The predicted molar refractivity (Wildman–Crippen MR) is 45.6 cm³/mol. The van der Waals surface area contributed by atoms with Crippen molar-refractivity contribution in [3.63, 3.8) is 0 Å². The first kappa shape index (κ1) is 12.3. The van der Waals surface area contributed by atoms with Crippen molar-refractivity contribution in [3.05, 3.63) is 0 Å². The largest absolute Gasteiger partial charge is 0.465 e. The van der Waals surface area contributed by atoms with Crippen LogP contribution < -0.4 is 5.73 Å². The fraction of sp³-hybridized carbons (Fsp3) is 0.833. The smallest absolute Gasteiger partial charge is 0.324 e. The maximum Gasteiger partial charge on any atom is 0.324 e. The van der Waals surface area contributed by atoms with Crippen molar-refractivity contribution < 1.29 is 22.5 Å². The second-order valence-corrected chi connectivity index (χ2v) is 4.02. The molecule has 0 radical (unpaired) electrons. The molecule has 7 heteroatoms.